The molecule has 4 rings (SSSR count). The molecule has 0 spiro atoms. The van der Waals surface area contributed by atoms with Gasteiger partial charge in [0.05, 0.1) is 15.9 Å². The van der Waals surface area contributed by atoms with Gasteiger partial charge in [-0.2, -0.15) is 0 Å². The Kier molecular flexibility index (Phi) is 6.05. The number of thiophene rings is 1. The minimum absolute atomic E-state index is 0.136. The molecular weight excluding hydrogens is 428 g/mol. The summed E-state index contributed by atoms with van der Waals surface area (Å²) in [5.41, 5.74) is 1.62. The van der Waals surface area contributed by atoms with E-state index in [2.05, 4.69) is 39.2 Å². The minimum Gasteiger partial charge on any atom is -0.381 e. The fourth-order valence-electron chi connectivity index (χ4n) is 4.13. The fourth-order valence-corrected chi connectivity index (χ4v) is 6.88. The van der Waals surface area contributed by atoms with Crippen molar-refractivity contribution in [1.82, 2.24) is 9.55 Å². The van der Waals surface area contributed by atoms with E-state index in [1.807, 2.05) is 12.1 Å². The third-order valence-corrected chi connectivity index (χ3v) is 9.55. The van der Waals surface area contributed by atoms with Gasteiger partial charge in [0.2, 0.25) is 9.84 Å². The first-order chi connectivity index (χ1) is 14.6. The number of aromatic nitrogens is 2. The largest absolute Gasteiger partial charge is 0.381 e. The summed E-state index contributed by atoms with van der Waals surface area (Å²) < 4.78 is 34.8. The van der Waals surface area contributed by atoms with Crippen molar-refractivity contribution in [1.29, 1.82) is 0 Å². The molecule has 31 heavy (non-hydrogen) atoms. The molecule has 3 heterocycles. The average Bonchev–Trinajstić information content (AvgIpc) is 3.34. The highest BCUT2D eigenvalue weighted by molar-refractivity contribution is 7.93. The second kappa shape index (κ2) is 8.34. The van der Waals surface area contributed by atoms with Crippen LogP contribution in [-0.4, -0.2) is 31.2 Å². The minimum atomic E-state index is -3.56. The molecule has 5 nitrogen and oxygen atoms in total. The number of rotatable bonds is 5. The number of sulfone groups is 1. The summed E-state index contributed by atoms with van der Waals surface area (Å²) >= 11 is 1.36. The zero-order valence-electron chi connectivity index (χ0n) is 19.0. The van der Waals surface area contributed by atoms with E-state index in [1.54, 1.807) is 18.2 Å². The molecule has 0 radical (unpaired) electrons. The number of hydrogen-bond donors (Lipinski definition) is 0. The molecule has 0 aliphatic carbocycles. The summed E-state index contributed by atoms with van der Waals surface area (Å²) in [6.07, 6.45) is 2.10. The van der Waals surface area contributed by atoms with Gasteiger partial charge in [0.25, 0.3) is 0 Å². The SMILES string of the molecule is CC(C)c1ccc(S(=O)(=O)c2ccc3c(c2)nc(C(C)(C)C)n3CC2CCOCC2)s1. The van der Waals surface area contributed by atoms with E-state index in [1.165, 1.54) is 11.3 Å². The number of hydrogen-bond acceptors (Lipinski definition) is 5. The van der Waals surface area contributed by atoms with Gasteiger partial charge in [0.1, 0.15) is 10.0 Å². The summed E-state index contributed by atoms with van der Waals surface area (Å²) in [5, 5.41) is 0. The zero-order chi connectivity index (χ0) is 22.4. The van der Waals surface area contributed by atoms with Crippen LogP contribution in [-0.2, 0) is 26.5 Å². The van der Waals surface area contributed by atoms with Crippen LogP contribution in [0.15, 0.2) is 39.4 Å². The number of nitrogens with zero attached hydrogens (tertiary/aromatic N) is 2. The van der Waals surface area contributed by atoms with E-state index in [0.717, 1.165) is 54.3 Å². The molecule has 0 amide bonds. The molecule has 1 saturated heterocycles. The summed E-state index contributed by atoms with van der Waals surface area (Å²) in [4.78, 5) is 6.31. The van der Waals surface area contributed by atoms with E-state index >= 15 is 0 Å². The van der Waals surface area contributed by atoms with Gasteiger partial charge in [0.15, 0.2) is 0 Å². The van der Waals surface area contributed by atoms with Crippen LogP contribution in [0.25, 0.3) is 11.0 Å². The second-order valence-corrected chi connectivity index (χ2v) is 13.1. The molecule has 1 fully saturated rings. The standard InChI is InChI=1S/C24H32N2O3S2/c1-16(2)21-8-9-22(30-21)31(27,28)18-6-7-20-19(14-18)25-23(24(3,4)5)26(20)15-17-10-12-29-13-11-17/h6-9,14,16-17H,10-13,15H2,1-5H3. The van der Waals surface area contributed by atoms with Gasteiger partial charge in [-0.05, 0) is 55.0 Å². The topological polar surface area (TPSA) is 61.2 Å². The number of benzene rings is 1. The van der Waals surface area contributed by atoms with Gasteiger partial charge in [-0.1, -0.05) is 34.6 Å². The molecule has 0 unspecified atom stereocenters. The summed E-state index contributed by atoms with van der Waals surface area (Å²) in [6, 6.07) is 9.06. The van der Waals surface area contributed by atoms with E-state index in [4.69, 9.17) is 9.72 Å². The molecule has 0 bridgehead atoms. The second-order valence-electron chi connectivity index (χ2n) is 9.82. The Balaban J connectivity index is 1.76. The third-order valence-electron chi connectivity index (χ3n) is 5.92. The molecule has 1 aromatic carbocycles. The Bertz CT molecular complexity index is 1180. The van der Waals surface area contributed by atoms with Crippen molar-refractivity contribution in [3.05, 3.63) is 41.0 Å². The Morgan fingerprint density at radius 2 is 1.87 bits per heavy atom. The zero-order valence-corrected chi connectivity index (χ0v) is 20.6. The Labute approximate surface area is 189 Å². The van der Waals surface area contributed by atoms with Gasteiger partial charge < -0.3 is 9.30 Å². The van der Waals surface area contributed by atoms with Gasteiger partial charge in [0, 0.05) is 30.1 Å². The van der Waals surface area contributed by atoms with Crippen LogP contribution in [0, 0.1) is 5.92 Å². The highest BCUT2D eigenvalue weighted by Gasteiger charge is 2.27. The smallest absolute Gasteiger partial charge is 0.216 e. The van der Waals surface area contributed by atoms with Crippen molar-refractivity contribution < 1.29 is 13.2 Å². The van der Waals surface area contributed by atoms with Crippen LogP contribution in [0.4, 0.5) is 0 Å². The number of ether oxygens (including phenoxy) is 1. The molecule has 1 aliphatic heterocycles. The first-order valence-corrected chi connectivity index (χ1v) is 13.3. The third kappa shape index (κ3) is 4.45. The van der Waals surface area contributed by atoms with Crippen LogP contribution in [0.2, 0.25) is 0 Å². The Hall–Kier alpha value is -1.70. The molecule has 7 heteroatoms. The number of fused-ring (bicyclic) bond motifs is 1. The normalized spacial score (nSPS) is 16.5. The molecule has 0 N–H and O–H groups in total. The van der Waals surface area contributed by atoms with E-state index in [0.29, 0.717) is 20.9 Å². The maximum absolute atomic E-state index is 13.3. The average molecular weight is 461 g/mol. The lowest BCUT2D eigenvalue weighted by Crippen LogP contribution is -2.25. The van der Waals surface area contributed by atoms with E-state index in [9.17, 15) is 8.42 Å². The molecule has 168 valence electrons. The van der Waals surface area contributed by atoms with Crippen molar-refractivity contribution in [3.8, 4) is 0 Å². The van der Waals surface area contributed by atoms with Crippen LogP contribution in [0.5, 0.6) is 0 Å². The van der Waals surface area contributed by atoms with Crippen molar-refractivity contribution >= 4 is 32.2 Å². The van der Waals surface area contributed by atoms with Crippen LogP contribution >= 0.6 is 11.3 Å². The predicted molar refractivity (Wildman–Crippen MR) is 126 cm³/mol. The monoisotopic (exact) mass is 460 g/mol. The van der Waals surface area contributed by atoms with Crippen LogP contribution in [0.3, 0.4) is 0 Å². The van der Waals surface area contributed by atoms with Gasteiger partial charge in [-0.3, -0.25) is 0 Å². The Morgan fingerprint density at radius 3 is 2.48 bits per heavy atom. The highest BCUT2D eigenvalue weighted by atomic mass is 32.2. The maximum atomic E-state index is 13.3. The van der Waals surface area contributed by atoms with Crippen molar-refractivity contribution in [2.45, 2.75) is 74.4 Å². The summed E-state index contributed by atoms with van der Waals surface area (Å²) in [5.74, 6) is 1.87. The molecular formula is C24H32N2O3S2. The van der Waals surface area contributed by atoms with Gasteiger partial charge in [-0.25, -0.2) is 13.4 Å². The first-order valence-electron chi connectivity index (χ1n) is 11.0. The van der Waals surface area contributed by atoms with E-state index < -0.39 is 9.84 Å². The van der Waals surface area contributed by atoms with Crippen LogP contribution in [0.1, 0.15) is 64.1 Å². The fraction of sp³-hybridized carbons (Fsp3) is 0.542. The van der Waals surface area contributed by atoms with Gasteiger partial charge in [-0.15, -0.1) is 11.3 Å². The lowest BCUT2D eigenvalue weighted by molar-refractivity contribution is 0.0611. The molecule has 0 atom stereocenters. The lowest BCUT2D eigenvalue weighted by Gasteiger charge is -2.26. The van der Waals surface area contributed by atoms with Crippen LogP contribution < -0.4 is 0 Å². The highest BCUT2D eigenvalue weighted by Crippen LogP contribution is 2.34. The summed E-state index contributed by atoms with van der Waals surface area (Å²) in [6.45, 7) is 13.1. The molecule has 1 aliphatic rings. The van der Waals surface area contributed by atoms with E-state index in [-0.39, 0.29) is 5.41 Å². The maximum Gasteiger partial charge on any atom is 0.216 e. The van der Waals surface area contributed by atoms with Gasteiger partial charge >= 0.3 is 0 Å². The van der Waals surface area contributed by atoms with Crippen molar-refractivity contribution in [2.75, 3.05) is 13.2 Å². The van der Waals surface area contributed by atoms with Crippen molar-refractivity contribution in [3.63, 3.8) is 0 Å². The Morgan fingerprint density at radius 1 is 1.16 bits per heavy atom. The first kappa shape index (κ1) is 22.5. The lowest BCUT2D eigenvalue weighted by atomic mass is 9.94. The molecule has 3 aromatic rings. The number of imidazole rings is 1. The molecule has 2 aromatic heterocycles. The molecule has 0 saturated carbocycles. The summed E-state index contributed by atoms with van der Waals surface area (Å²) in [7, 11) is -3.56. The predicted octanol–water partition coefficient (Wildman–Crippen LogP) is 5.78. The quantitative estimate of drug-likeness (QED) is 0.484. The van der Waals surface area contributed by atoms with Crippen molar-refractivity contribution in [2.24, 2.45) is 5.92 Å².